The van der Waals surface area contributed by atoms with E-state index >= 15 is 0 Å². The molecule has 0 saturated heterocycles. The predicted molar refractivity (Wildman–Crippen MR) is 103 cm³/mol. The minimum atomic E-state index is -0.247. The van der Waals surface area contributed by atoms with Crippen molar-refractivity contribution in [3.8, 4) is 17.2 Å². The molecule has 1 aliphatic rings. The van der Waals surface area contributed by atoms with Crippen molar-refractivity contribution in [2.75, 3.05) is 20.2 Å². The molecule has 0 aliphatic carbocycles. The molecular formula is C22H21NO5. The summed E-state index contributed by atoms with van der Waals surface area (Å²) >= 11 is 0. The third kappa shape index (κ3) is 3.96. The molecule has 2 heterocycles. The van der Waals surface area contributed by atoms with Crippen molar-refractivity contribution >= 4 is 5.91 Å². The van der Waals surface area contributed by atoms with Crippen LogP contribution in [0.4, 0.5) is 0 Å². The van der Waals surface area contributed by atoms with E-state index in [1.807, 2.05) is 54.6 Å². The molecule has 4 rings (SSSR count). The zero-order chi connectivity index (χ0) is 19.3. The van der Waals surface area contributed by atoms with E-state index < -0.39 is 0 Å². The standard InChI is InChI=1S/C22H21NO5/c1-23(13-18-15-27-19-9-5-6-10-20(19)28-18)22(24)21-16(11-12-25-21)14-26-17-7-3-2-4-8-17/h2-12,18H,13-15H2,1H3. The SMILES string of the molecule is CN(CC1COc2ccccc2O1)C(=O)c1occc1COc1ccccc1. The topological polar surface area (TPSA) is 61.1 Å². The zero-order valence-electron chi connectivity index (χ0n) is 15.5. The highest BCUT2D eigenvalue weighted by Gasteiger charge is 2.26. The van der Waals surface area contributed by atoms with E-state index in [4.69, 9.17) is 18.6 Å². The Morgan fingerprint density at radius 2 is 1.82 bits per heavy atom. The van der Waals surface area contributed by atoms with Crippen molar-refractivity contribution in [3.63, 3.8) is 0 Å². The van der Waals surface area contributed by atoms with Gasteiger partial charge in [0.15, 0.2) is 23.4 Å². The first-order valence-corrected chi connectivity index (χ1v) is 9.09. The number of benzene rings is 2. The summed E-state index contributed by atoms with van der Waals surface area (Å²) in [5.74, 6) is 2.20. The monoisotopic (exact) mass is 379 g/mol. The molecule has 0 N–H and O–H groups in total. The van der Waals surface area contributed by atoms with Crippen LogP contribution in [0, 0.1) is 0 Å². The summed E-state index contributed by atoms with van der Waals surface area (Å²) in [5.41, 5.74) is 0.701. The molecule has 0 saturated carbocycles. The molecule has 0 spiro atoms. The smallest absolute Gasteiger partial charge is 0.289 e. The van der Waals surface area contributed by atoms with Gasteiger partial charge in [-0.15, -0.1) is 0 Å². The number of ether oxygens (including phenoxy) is 3. The first kappa shape index (κ1) is 18.0. The fourth-order valence-corrected chi connectivity index (χ4v) is 3.03. The van der Waals surface area contributed by atoms with Gasteiger partial charge in [0.05, 0.1) is 12.8 Å². The Labute approximate surface area is 163 Å². The Balaban J connectivity index is 1.37. The first-order chi connectivity index (χ1) is 13.7. The number of carbonyl (C=O) groups excluding carboxylic acids is 1. The number of para-hydroxylation sites is 3. The normalized spacial score (nSPS) is 15.1. The third-order valence-corrected chi connectivity index (χ3v) is 4.47. The van der Waals surface area contributed by atoms with Crippen LogP contribution in [-0.2, 0) is 6.61 Å². The number of furan rings is 1. The molecule has 0 fully saturated rings. The Morgan fingerprint density at radius 3 is 2.64 bits per heavy atom. The lowest BCUT2D eigenvalue weighted by Crippen LogP contribution is -2.41. The van der Waals surface area contributed by atoms with Crippen LogP contribution in [0.3, 0.4) is 0 Å². The second-order valence-electron chi connectivity index (χ2n) is 6.56. The van der Waals surface area contributed by atoms with Gasteiger partial charge in [-0.2, -0.15) is 0 Å². The van der Waals surface area contributed by atoms with Crippen molar-refractivity contribution in [1.82, 2.24) is 4.90 Å². The van der Waals surface area contributed by atoms with E-state index in [0.717, 1.165) is 11.5 Å². The van der Waals surface area contributed by atoms with Gasteiger partial charge in [-0.1, -0.05) is 30.3 Å². The lowest BCUT2D eigenvalue weighted by molar-refractivity contribution is 0.0499. The molecule has 1 aromatic heterocycles. The molecule has 1 atom stereocenters. The van der Waals surface area contributed by atoms with Gasteiger partial charge in [0, 0.05) is 12.6 Å². The fraction of sp³-hybridized carbons (Fsp3) is 0.227. The van der Waals surface area contributed by atoms with Crippen LogP contribution < -0.4 is 14.2 Å². The minimum absolute atomic E-state index is 0.223. The summed E-state index contributed by atoms with van der Waals surface area (Å²) in [5, 5.41) is 0. The number of rotatable bonds is 6. The molecule has 6 nitrogen and oxygen atoms in total. The molecular weight excluding hydrogens is 358 g/mol. The lowest BCUT2D eigenvalue weighted by Gasteiger charge is -2.29. The Kier molecular flexibility index (Phi) is 5.19. The van der Waals surface area contributed by atoms with Crippen LogP contribution in [0.1, 0.15) is 16.1 Å². The van der Waals surface area contributed by atoms with E-state index in [1.54, 1.807) is 18.0 Å². The van der Waals surface area contributed by atoms with Crippen LogP contribution in [0.2, 0.25) is 0 Å². The first-order valence-electron chi connectivity index (χ1n) is 9.09. The molecule has 144 valence electrons. The highest BCUT2D eigenvalue weighted by Crippen LogP contribution is 2.31. The Morgan fingerprint density at radius 1 is 1.07 bits per heavy atom. The molecule has 0 bridgehead atoms. The summed E-state index contributed by atoms with van der Waals surface area (Å²) in [6.45, 7) is 1.02. The van der Waals surface area contributed by atoms with Crippen molar-refractivity contribution in [3.05, 3.63) is 78.3 Å². The minimum Gasteiger partial charge on any atom is -0.489 e. The molecule has 28 heavy (non-hydrogen) atoms. The van der Waals surface area contributed by atoms with E-state index in [9.17, 15) is 4.79 Å². The molecule has 6 heteroatoms. The molecule has 0 radical (unpaired) electrons. The number of amides is 1. The number of hydrogen-bond acceptors (Lipinski definition) is 5. The van der Waals surface area contributed by atoms with E-state index in [-0.39, 0.29) is 24.4 Å². The van der Waals surface area contributed by atoms with Crippen LogP contribution in [0.25, 0.3) is 0 Å². The van der Waals surface area contributed by atoms with Crippen molar-refractivity contribution < 1.29 is 23.4 Å². The van der Waals surface area contributed by atoms with E-state index in [2.05, 4.69) is 0 Å². The number of fused-ring (bicyclic) bond motifs is 1. The van der Waals surface area contributed by atoms with Crippen LogP contribution >= 0.6 is 0 Å². The summed E-state index contributed by atoms with van der Waals surface area (Å²) < 4.78 is 22.8. The summed E-state index contributed by atoms with van der Waals surface area (Å²) in [4.78, 5) is 14.4. The van der Waals surface area contributed by atoms with Crippen molar-refractivity contribution in [2.24, 2.45) is 0 Å². The maximum absolute atomic E-state index is 12.8. The number of carbonyl (C=O) groups is 1. The molecule has 1 amide bonds. The quantitative estimate of drug-likeness (QED) is 0.652. The predicted octanol–water partition coefficient (Wildman–Crippen LogP) is 3.77. The van der Waals surface area contributed by atoms with E-state index in [1.165, 1.54) is 6.26 Å². The highest BCUT2D eigenvalue weighted by molar-refractivity contribution is 5.92. The summed E-state index contributed by atoms with van der Waals surface area (Å²) in [6.07, 6.45) is 1.25. The summed E-state index contributed by atoms with van der Waals surface area (Å²) in [6, 6.07) is 18.7. The Hall–Kier alpha value is -3.41. The van der Waals surface area contributed by atoms with Gasteiger partial charge in [0.25, 0.3) is 5.91 Å². The van der Waals surface area contributed by atoms with Crippen molar-refractivity contribution in [1.29, 1.82) is 0 Å². The maximum atomic E-state index is 12.8. The average molecular weight is 379 g/mol. The molecule has 3 aromatic rings. The van der Waals surface area contributed by atoms with Crippen molar-refractivity contribution in [2.45, 2.75) is 12.7 Å². The van der Waals surface area contributed by atoms with Gasteiger partial charge in [0.2, 0.25) is 0 Å². The van der Waals surface area contributed by atoms with Gasteiger partial charge in [-0.3, -0.25) is 4.79 Å². The highest BCUT2D eigenvalue weighted by atomic mass is 16.6. The lowest BCUT2D eigenvalue weighted by atomic mass is 10.2. The average Bonchev–Trinajstić information content (AvgIpc) is 3.21. The second kappa shape index (κ2) is 8.08. The van der Waals surface area contributed by atoms with Crippen LogP contribution in [0.15, 0.2) is 71.3 Å². The number of hydrogen-bond donors (Lipinski definition) is 0. The summed E-state index contributed by atoms with van der Waals surface area (Å²) in [7, 11) is 1.72. The van der Waals surface area contributed by atoms with Crippen LogP contribution in [0.5, 0.6) is 17.2 Å². The molecule has 1 aliphatic heterocycles. The van der Waals surface area contributed by atoms with Gasteiger partial charge in [-0.25, -0.2) is 0 Å². The van der Waals surface area contributed by atoms with Gasteiger partial charge >= 0.3 is 0 Å². The second-order valence-corrected chi connectivity index (χ2v) is 6.56. The molecule has 1 unspecified atom stereocenters. The van der Waals surface area contributed by atoms with Gasteiger partial charge in [0.1, 0.15) is 19.0 Å². The largest absolute Gasteiger partial charge is 0.489 e. The number of nitrogens with zero attached hydrogens (tertiary/aromatic N) is 1. The van der Waals surface area contributed by atoms with Gasteiger partial charge < -0.3 is 23.5 Å². The van der Waals surface area contributed by atoms with Crippen LogP contribution in [-0.4, -0.2) is 37.1 Å². The molecule has 2 aromatic carbocycles. The third-order valence-electron chi connectivity index (χ3n) is 4.47. The van der Waals surface area contributed by atoms with E-state index in [0.29, 0.717) is 24.5 Å². The zero-order valence-corrected chi connectivity index (χ0v) is 15.5. The maximum Gasteiger partial charge on any atom is 0.289 e. The Bertz CT molecular complexity index is 937. The fourth-order valence-electron chi connectivity index (χ4n) is 3.03. The van der Waals surface area contributed by atoms with Gasteiger partial charge in [-0.05, 0) is 30.3 Å². The number of likely N-dealkylation sites (N-methyl/N-ethyl adjacent to an activating group) is 1.